The number of nitrogens with zero attached hydrogens (tertiary/aromatic N) is 1. The Hall–Kier alpha value is -1.07. The van der Waals surface area contributed by atoms with Crippen molar-refractivity contribution in [3.63, 3.8) is 0 Å². The zero-order valence-corrected chi connectivity index (χ0v) is 10.5. The van der Waals surface area contributed by atoms with Crippen molar-refractivity contribution in [2.45, 2.75) is 25.3 Å². The molecule has 0 aliphatic carbocycles. The van der Waals surface area contributed by atoms with Gasteiger partial charge < -0.3 is 5.32 Å². The minimum absolute atomic E-state index is 0.249. The summed E-state index contributed by atoms with van der Waals surface area (Å²) in [6, 6.07) is 6.80. The van der Waals surface area contributed by atoms with Crippen LogP contribution in [0.2, 0.25) is 0 Å². The van der Waals surface area contributed by atoms with Gasteiger partial charge in [0.2, 0.25) is 0 Å². The van der Waals surface area contributed by atoms with Gasteiger partial charge in [-0.25, -0.2) is 13.8 Å². The van der Waals surface area contributed by atoms with Crippen LogP contribution < -0.4 is 5.32 Å². The molecule has 5 heteroatoms. The number of rotatable bonds is 4. The zero-order chi connectivity index (χ0) is 12.5. The summed E-state index contributed by atoms with van der Waals surface area (Å²) in [7, 11) is 1.55. The van der Waals surface area contributed by atoms with E-state index in [1.165, 1.54) is 11.3 Å². The Bertz CT molecular complexity index is 471. The van der Waals surface area contributed by atoms with Crippen LogP contribution in [0.3, 0.4) is 0 Å². The third kappa shape index (κ3) is 2.79. The van der Waals surface area contributed by atoms with Gasteiger partial charge in [0.1, 0.15) is 0 Å². The predicted molar refractivity (Wildman–Crippen MR) is 66.8 cm³/mol. The molecule has 1 N–H and O–H groups in total. The summed E-state index contributed by atoms with van der Waals surface area (Å²) >= 11 is 1.47. The lowest BCUT2D eigenvalue weighted by Gasteiger charge is -2.21. The molecular weight excluding hydrogens is 242 g/mol. The fraction of sp³-hybridized carbons (Fsp3) is 0.417. The summed E-state index contributed by atoms with van der Waals surface area (Å²) < 4.78 is 27.5. The van der Waals surface area contributed by atoms with Gasteiger partial charge in [0.05, 0.1) is 21.3 Å². The second-order valence-corrected chi connectivity index (χ2v) is 5.19. The van der Waals surface area contributed by atoms with Crippen LogP contribution in [-0.4, -0.2) is 24.0 Å². The number of alkyl halides is 2. The van der Waals surface area contributed by atoms with Gasteiger partial charge in [0.15, 0.2) is 0 Å². The topological polar surface area (TPSA) is 24.9 Å². The molecule has 1 heterocycles. The first kappa shape index (κ1) is 12.4. The van der Waals surface area contributed by atoms with Crippen LogP contribution in [0.1, 0.15) is 11.9 Å². The molecule has 0 saturated heterocycles. The molecular formula is C12H14F2N2S. The first-order valence-corrected chi connectivity index (χ1v) is 6.22. The van der Waals surface area contributed by atoms with Crippen LogP contribution >= 0.6 is 11.3 Å². The smallest absolute Gasteiger partial charge is 0.260 e. The number of likely N-dealkylation sites (N-methyl/N-ethyl adjacent to an activating group) is 1. The molecule has 1 aromatic heterocycles. The third-order valence-electron chi connectivity index (χ3n) is 2.68. The van der Waals surface area contributed by atoms with Crippen LogP contribution in [0.5, 0.6) is 0 Å². The highest BCUT2D eigenvalue weighted by Crippen LogP contribution is 2.26. The number of benzene rings is 1. The summed E-state index contributed by atoms with van der Waals surface area (Å²) in [5, 5.41) is 3.39. The van der Waals surface area contributed by atoms with E-state index < -0.39 is 12.0 Å². The fourth-order valence-electron chi connectivity index (χ4n) is 1.72. The van der Waals surface area contributed by atoms with Crippen molar-refractivity contribution in [2.75, 3.05) is 7.05 Å². The fourth-order valence-corrected chi connectivity index (χ4v) is 2.73. The summed E-state index contributed by atoms with van der Waals surface area (Å²) in [6.45, 7) is 0.932. The number of hydrogen-bond donors (Lipinski definition) is 1. The van der Waals surface area contributed by atoms with Gasteiger partial charge >= 0.3 is 0 Å². The van der Waals surface area contributed by atoms with E-state index in [1.807, 2.05) is 24.3 Å². The van der Waals surface area contributed by atoms with Crippen LogP contribution in [0.15, 0.2) is 24.3 Å². The number of halogens is 2. The van der Waals surface area contributed by atoms with E-state index in [0.29, 0.717) is 0 Å². The Balaban J connectivity index is 2.23. The van der Waals surface area contributed by atoms with E-state index in [0.717, 1.165) is 22.1 Å². The van der Waals surface area contributed by atoms with Crippen LogP contribution in [-0.2, 0) is 6.42 Å². The van der Waals surface area contributed by atoms with Crippen molar-refractivity contribution in [3.8, 4) is 0 Å². The number of aromatic nitrogens is 1. The molecule has 1 atom stereocenters. The second kappa shape index (κ2) is 4.66. The average Bonchev–Trinajstić information content (AvgIpc) is 2.66. The maximum atomic E-state index is 13.2. The molecule has 2 rings (SSSR count). The quantitative estimate of drug-likeness (QED) is 0.909. The maximum Gasteiger partial charge on any atom is 0.260 e. The predicted octanol–water partition coefficient (Wildman–Crippen LogP) is 3.08. The van der Waals surface area contributed by atoms with E-state index in [-0.39, 0.29) is 6.42 Å². The van der Waals surface area contributed by atoms with E-state index in [1.54, 1.807) is 7.05 Å². The highest BCUT2D eigenvalue weighted by Gasteiger charge is 2.33. The molecule has 1 aromatic carbocycles. The number of para-hydroxylation sites is 1. The van der Waals surface area contributed by atoms with Gasteiger partial charge in [-0.05, 0) is 19.2 Å². The first-order valence-electron chi connectivity index (χ1n) is 5.40. The van der Waals surface area contributed by atoms with Gasteiger partial charge in [0.25, 0.3) is 5.92 Å². The molecule has 0 amide bonds. The highest BCUT2D eigenvalue weighted by atomic mass is 32.1. The Morgan fingerprint density at radius 1 is 1.41 bits per heavy atom. The lowest BCUT2D eigenvalue weighted by molar-refractivity contribution is -0.0156. The number of nitrogens with one attached hydrogen (secondary N) is 1. The SMILES string of the molecule is CNC(Cc1nc2ccccc2s1)C(C)(F)F. The molecule has 17 heavy (non-hydrogen) atoms. The molecule has 0 fully saturated rings. The number of hydrogen-bond acceptors (Lipinski definition) is 3. The van der Waals surface area contributed by atoms with Crippen molar-refractivity contribution in [3.05, 3.63) is 29.3 Å². The van der Waals surface area contributed by atoms with Crippen LogP contribution in [0.4, 0.5) is 8.78 Å². The molecule has 0 aliphatic heterocycles. The molecule has 2 aromatic rings. The van der Waals surface area contributed by atoms with Crippen molar-refractivity contribution >= 4 is 21.6 Å². The summed E-state index contributed by atoms with van der Waals surface area (Å²) in [5.41, 5.74) is 0.877. The molecule has 92 valence electrons. The van der Waals surface area contributed by atoms with Crippen molar-refractivity contribution in [1.29, 1.82) is 0 Å². The second-order valence-electron chi connectivity index (χ2n) is 4.08. The first-order chi connectivity index (χ1) is 8.00. The van der Waals surface area contributed by atoms with Gasteiger partial charge in [-0.1, -0.05) is 12.1 Å². The minimum Gasteiger partial charge on any atom is -0.311 e. The van der Waals surface area contributed by atoms with E-state index in [2.05, 4.69) is 10.3 Å². The zero-order valence-electron chi connectivity index (χ0n) is 9.71. The number of fused-ring (bicyclic) bond motifs is 1. The third-order valence-corrected chi connectivity index (χ3v) is 3.74. The molecule has 0 aliphatic rings. The molecule has 1 unspecified atom stereocenters. The lowest BCUT2D eigenvalue weighted by atomic mass is 10.1. The monoisotopic (exact) mass is 256 g/mol. The van der Waals surface area contributed by atoms with Crippen LogP contribution in [0, 0.1) is 0 Å². The lowest BCUT2D eigenvalue weighted by Crippen LogP contribution is -2.42. The van der Waals surface area contributed by atoms with E-state index in [4.69, 9.17) is 0 Å². The summed E-state index contributed by atoms with van der Waals surface area (Å²) in [4.78, 5) is 4.36. The summed E-state index contributed by atoms with van der Waals surface area (Å²) in [6.07, 6.45) is 0.249. The Morgan fingerprint density at radius 3 is 2.71 bits per heavy atom. The molecule has 0 spiro atoms. The van der Waals surface area contributed by atoms with Gasteiger partial charge in [-0.3, -0.25) is 0 Å². The highest BCUT2D eigenvalue weighted by molar-refractivity contribution is 7.18. The van der Waals surface area contributed by atoms with Crippen LogP contribution in [0.25, 0.3) is 10.2 Å². The standard InChI is InChI=1S/C12H14F2N2S/c1-12(13,14)10(15-2)7-11-16-8-5-3-4-6-9(8)17-11/h3-6,10,15H,7H2,1-2H3. The molecule has 0 radical (unpaired) electrons. The number of thiazole rings is 1. The maximum absolute atomic E-state index is 13.2. The minimum atomic E-state index is -2.74. The average molecular weight is 256 g/mol. The van der Waals surface area contributed by atoms with E-state index >= 15 is 0 Å². The van der Waals surface area contributed by atoms with Crippen molar-refractivity contribution in [2.24, 2.45) is 0 Å². The Kier molecular flexibility index (Phi) is 3.40. The largest absolute Gasteiger partial charge is 0.311 e. The Labute approximate surface area is 103 Å². The van der Waals surface area contributed by atoms with Gasteiger partial charge in [-0.2, -0.15) is 0 Å². The van der Waals surface area contributed by atoms with Gasteiger partial charge in [-0.15, -0.1) is 11.3 Å². The van der Waals surface area contributed by atoms with Gasteiger partial charge in [0, 0.05) is 13.3 Å². The molecule has 0 bridgehead atoms. The molecule has 0 saturated carbocycles. The van der Waals surface area contributed by atoms with E-state index in [9.17, 15) is 8.78 Å². The summed E-state index contributed by atoms with van der Waals surface area (Å²) in [5.74, 6) is -2.74. The normalized spacial score (nSPS) is 14.1. The Morgan fingerprint density at radius 2 is 2.12 bits per heavy atom. The molecule has 2 nitrogen and oxygen atoms in total. The van der Waals surface area contributed by atoms with Crippen molar-refractivity contribution < 1.29 is 8.78 Å². The van der Waals surface area contributed by atoms with Crippen molar-refractivity contribution in [1.82, 2.24) is 10.3 Å².